The van der Waals surface area contributed by atoms with Gasteiger partial charge in [0.25, 0.3) is 0 Å². The van der Waals surface area contributed by atoms with Crippen molar-refractivity contribution in [2.24, 2.45) is 4.99 Å². The van der Waals surface area contributed by atoms with Crippen LogP contribution >= 0.6 is 0 Å². The van der Waals surface area contributed by atoms with Crippen molar-refractivity contribution < 1.29 is 9.13 Å². The molecule has 1 rings (SSSR count). The Hall–Kier alpha value is -1.78. The van der Waals surface area contributed by atoms with Crippen molar-refractivity contribution in [3.63, 3.8) is 0 Å². The molecule has 0 aliphatic heterocycles. The molecule has 18 heavy (non-hydrogen) atoms. The number of halogens is 1. The van der Waals surface area contributed by atoms with Gasteiger partial charge in [-0.2, -0.15) is 0 Å². The molecule has 0 bridgehead atoms. The molecule has 0 aromatic heterocycles. The lowest BCUT2D eigenvalue weighted by molar-refractivity contribution is 0.326. The summed E-state index contributed by atoms with van der Waals surface area (Å²) >= 11 is 0. The summed E-state index contributed by atoms with van der Waals surface area (Å²) in [5.74, 6) is 1.28. The van der Waals surface area contributed by atoms with E-state index in [0.29, 0.717) is 18.9 Å². The molecule has 0 N–H and O–H groups in total. The molecule has 0 spiro atoms. The van der Waals surface area contributed by atoms with E-state index in [4.69, 9.17) is 4.74 Å². The van der Waals surface area contributed by atoms with Crippen molar-refractivity contribution in [3.05, 3.63) is 30.1 Å². The molecule has 0 fully saturated rings. The van der Waals surface area contributed by atoms with Crippen LogP contribution in [0.25, 0.3) is 0 Å². The maximum Gasteiger partial charge on any atom is 0.195 e. The van der Waals surface area contributed by atoms with Crippen molar-refractivity contribution in [2.45, 2.75) is 0 Å². The van der Waals surface area contributed by atoms with Gasteiger partial charge in [-0.25, -0.2) is 9.38 Å². The van der Waals surface area contributed by atoms with Crippen LogP contribution in [0.4, 0.5) is 4.39 Å². The average Bonchev–Trinajstić information content (AvgIpc) is 2.30. The molecule has 0 atom stereocenters. The molecule has 0 amide bonds. The van der Waals surface area contributed by atoms with E-state index in [1.165, 1.54) is 12.1 Å². The Morgan fingerprint density at radius 3 is 2.17 bits per heavy atom. The third kappa shape index (κ3) is 4.61. The van der Waals surface area contributed by atoms with Crippen molar-refractivity contribution in [1.82, 2.24) is 9.80 Å². The first-order chi connectivity index (χ1) is 8.50. The molecule has 0 radical (unpaired) electrons. The van der Waals surface area contributed by atoms with E-state index < -0.39 is 0 Å². The Morgan fingerprint density at radius 2 is 1.67 bits per heavy atom. The van der Waals surface area contributed by atoms with Crippen LogP contribution in [0.15, 0.2) is 29.3 Å². The highest BCUT2D eigenvalue weighted by atomic mass is 19.1. The number of guanidine groups is 1. The summed E-state index contributed by atoms with van der Waals surface area (Å²) in [4.78, 5) is 8.31. The van der Waals surface area contributed by atoms with Gasteiger partial charge in [0, 0.05) is 28.2 Å². The van der Waals surface area contributed by atoms with Crippen LogP contribution in [-0.4, -0.2) is 57.1 Å². The lowest BCUT2D eigenvalue weighted by atomic mass is 10.3. The molecule has 1 aromatic carbocycles. The van der Waals surface area contributed by atoms with Gasteiger partial charge < -0.3 is 14.5 Å². The van der Waals surface area contributed by atoms with Gasteiger partial charge in [0.2, 0.25) is 0 Å². The van der Waals surface area contributed by atoms with Crippen LogP contribution < -0.4 is 4.74 Å². The summed E-state index contributed by atoms with van der Waals surface area (Å²) in [5, 5.41) is 0. The maximum atomic E-state index is 12.7. The zero-order valence-electron chi connectivity index (χ0n) is 11.4. The third-order valence-corrected chi connectivity index (χ3v) is 2.23. The molecule has 0 saturated carbocycles. The topological polar surface area (TPSA) is 28.1 Å². The minimum absolute atomic E-state index is 0.261. The van der Waals surface area contributed by atoms with E-state index in [9.17, 15) is 4.39 Å². The smallest absolute Gasteiger partial charge is 0.195 e. The van der Waals surface area contributed by atoms with E-state index in [2.05, 4.69) is 4.99 Å². The maximum absolute atomic E-state index is 12.7. The van der Waals surface area contributed by atoms with E-state index in [0.717, 1.165) is 5.96 Å². The zero-order valence-corrected chi connectivity index (χ0v) is 11.4. The summed E-state index contributed by atoms with van der Waals surface area (Å²) in [7, 11) is 7.78. The lowest BCUT2D eigenvalue weighted by Crippen LogP contribution is -2.35. The van der Waals surface area contributed by atoms with Gasteiger partial charge in [-0.1, -0.05) is 0 Å². The zero-order chi connectivity index (χ0) is 13.5. The fourth-order valence-corrected chi connectivity index (χ4v) is 1.52. The highest BCUT2D eigenvalue weighted by Crippen LogP contribution is 2.10. The monoisotopic (exact) mass is 253 g/mol. The lowest BCUT2D eigenvalue weighted by Gasteiger charge is -2.22. The molecule has 5 heteroatoms. The van der Waals surface area contributed by atoms with Crippen molar-refractivity contribution in [3.8, 4) is 5.75 Å². The number of hydrogen-bond acceptors (Lipinski definition) is 2. The van der Waals surface area contributed by atoms with Crippen molar-refractivity contribution in [1.29, 1.82) is 0 Å². The summed E-state index contributed by atoms with van der Waals surface area (Å²) in [6, 6.07) is 5.98. The molecule has 0 aliphatic carbocycles. The number of nitrogens with zero attached hydrogens (tertiary/aromatic N) is 3. The predicted octanol–water partition coefficient (Wildman–Crippen LogP) is 1.68. The summed E-state index contributed by atoms with van der Waals surface area (Å²) in [6.45, 7) is 1.03. The van der Waals surface area contributed by atoms with E-state index in [1.807, 2.05) is 38.0 Å². The Kier molecular flexibility index (Phi) is 5.42. The standard InChI is InChI=1S/C13H20FN3O/c1-16(2)13(17(3)4)15-9-10-18-12-7-5-11(14)6-8-12/h5-8H,9-10H2,1-4H3. The fraction of sp³-hybridized carbons (Fsp3) is 0.462. The number of hydrogen-bond donors (Lipinski definition) is 0. The minimum Gasteiger partial charge on any atom is -0.492 e. The Bertz CT molecular complexity index is 378. The fourth-order valence-electron chi connectivity index (χ4n) is 1.52. The highest BCUT2D eigenvalue weighted by Gasteiger charge is 2.03. The second kappa shape index (κ2) is 6.83. The summed E-state index contributed by atoms with van der Waals surface area (Å²) < 4.78 is 18.1. The van der Waals surface area contributed by atoms with Gasteiger partial charge >= 0.3 is 0 Å². The van der Waals surface area contributed by atoms with Crippen LogP contribution in [0.2, 0.25) is 0 Å². The first-order valence-electron chi connectivity index (χ1n) is 5.78. The molecule has 100 valence electrons. The van der Waals surface area contributed by atoms with Crippen LogP contribution in [0.3, 0.4) is 0 Å². The first-order valence-corrected chi connectivity index (χ1v) is 5.78. The molecular weight excluding hydrogens is 233 g/mol. The summed E-state index contributed by atoms with van der Waals surface area (Å²) in [5.41, 5.74) is 0. The van der Waals surface area contributed by atoms with Crippen LogP contribution in [0.5, 0.6) is 5.75 Å². The van der Waals surface area contributed by atoms with E-state index in [1.54, 1.807) is 12.1 Å². The van der Waals surface area contributed by atoms with Crippen LogP contribution in [-0.2, 0) is 0 Å². The predicted molar refractivity (Wildman–Crippen MR) is 71.6 cm³/mol. The van der Waals surface area contributed by atoms with Gasteiger partial charge in [0.15, 0.2) is 5.96 Å². The summed E-state index contributed by atoms with van der Waals surface area (Å²) in [6.07, 6.45) is 0. The van der Waals surface area contributed by atoms with Gasteiger partial charge in [0.05, 0.1) is 6.54 Å². The molecule has 1 aromatic rings. The van der Waals surface area contributed by atoms with Gasteiger partial charge in [-0.15, -0.1) is 0 Å². The largest absolute Gasteiger partial charge is 0.492 e. The molecule has 0 aliphatic rings. The Labute approximate surface area is 108 Å². The normalized spacial score (nSPS) is 9.83. The quantitative estimate of drug-likeness (QED) is 0.464. The van der Waals surface area contributed by atoms with Crippen LogP contribution in [0.1, 0.15) is 0 Å². The minimum atomic E-state index is -0.261. The molecule has 4 nitrogen and oxygen atoms in total. The van der Waals surface area contributed by atoms with Crippen LogP contribution in [0, 0.1) is 5.82 Å². The van der Waals surface area contributed by atoms with E-state index >= 15 is 0 Å². The molecule has 0 heterocycles. The Morgan fingerprint density at radius 1 is 1.11 bits per heavy atom. The molecule has 0 saturated heterocycles. The van der Waals surface area contributed by atoms with Gasteiger partial charge in [-0.3, -0.25) is 0 Å². The second-order valence-electron chi connectivity index (χ2n) is 4.27. The van der Waals surface area contributed by atoms with Crippen molar-refractivity contribution in [2.75, 3.05) is 41.3 Å². The second-order valence-corrected chi connectivity index (χ2v) is 4.27. The molecule has 0 unspecified atom stereocenters. The number of ether oxygens (including phenoxy) is 1. The Balaban J connectivity index is 2.41. The average molecular weight is 253 g/mol. The number of aliphatic imine (C=N–C) groups is 1. The highest BCUT2D eigenvalue weighted by molar-refractivity contribution is 5.79. The number of rotatable bonds is 4. The third-order valence-electron chi connectivity index (χ3n) is 2.23. The van der Waals surface area contributed by atoms with Crippen molar-refractivity contribution >= 4 is 5.96 Å². The van der Waals surface area contributed by atoms with Gasteiger partial charge in [0.1, 0.15) is 18.2 Å². The van der Waals surface area contributed by atoms with Gasteiger partial charge in [-0.05, 0) is 24.3 Å². The first kappa shape index (κ1) is 14.3. The van der Waals surface area contributed by atoms with E-state index in [-0.39, 0.29) is 5.82 Å². The number of benzene rings is 1. The molecular formula is C13H20FN3O. The SMILES string of the molecule is CN(C)C(=NCCOc1ccc(F)cc1)N(C)C.